The summed E-state index contributed by atoms with van der Waals surface area (Å²) in [7, 11) is 0. The van der Waals surface area contributed by atoms with Gasteiger partial charge in [-0.1, -0.05) is 127 Å². The molecule has 0 unspecified atom stereocenters. The van der Waals surface area contributed by atoms with E-state index in [-0.39, 0.29) is 0 Å². The standard InChI is InChI=1S/C44H27NO/c1-3-13-28(14-4-1)41-32-18-7-9-20-34(32)42(35-21-10-8-19-33(35)41)29-23-24-37-39(27-29)45(30-15-5-2-6-16-30)38-26-25-36-31-17-11-12-22-40(31)46-44(36)43(37)38/h1-27H. The van der Waals surface area contributed by atoms with Crippen LogP contribution < -0.4 is 0 Å². The van der Waals surface area contributed by atoms with Gasteiger partial charge in [0.25, 0.3) is 0 Å². The molecule has 2 heterocycles. The number of furan rings is 1. The number of hydrogen-bond donors (Lipinski definition) is 0. The van der Waals surface area contributed by atoms with Crippen molar-refractivity contribution >= 4 is 65.3 Å². The van der Waals surface area contributed by atoms with Crippen LogP contribution in [0.1, 0.15) is 0 Å². The summed E-state index contributed by atoms with van der Waals surface area (Å²) in [5.74, 6) is 0. The smallest absolute Gasteiger partial charge is 0.145 e. The highest BCUT2D eigenvalue weighted by Gasteiger charge is 2.21. The van der Waals surface area contributed by atoms with Crippen molar-refractivity contribution in [1.29, 1.82) is 0 Å². The molecule has 10 aromatic rings. The van der Waals surface area contributed by atoms with Crippen LogP contribution in [0.4, 0.5) is 0 Å². The van der Waals surface area contributed by atoms with Crippen molar-refractivity contribution in [1.82, 2.24) is 4.57 Å². The number of rotatable bonds is 3. The quantitative estimate of drug-likeness (QED) is 0.189. The molecule has 0 amide bonds. The molecule has 8 aromatic carbocycles. The first kappa shape index (κ1) is 25.2. The van der Waals surface area contributed by atoms with Gasteiger partial charge in [0.05, 0.1) is 16.4 Å². The zero-order valence-corrected chi connectivity index (χ0v) is 24.9. The second-order valence-electron chi connectivity index (χ2n) is 12.0. The number of hydrogen-bond acceptors (Lipinski definition) is 1. The summed E-state index contributed by atoms with van der Waals surface area (Å²) < 4.78 is 8.99. The van der Waals surface area contributed by atoms with E-state index in [1.165, 1.54) is 49.2 Å². The van der Waals surface area contributed by atoms with Gasteiger partial charge in [0.1, 0.15) is 11.2 Å². The summed E-state index contributed by atoms with van der Waals surface area (Å²) in [6.07, 6.45) is 0. The summed E-state index contributed by atoms with van der Waals surface area (Å²) in [5, 5.41) is 9.64. The normalized spacial score (nSPS) is 11.9. The SMILES string of the molecule is c1ccc(-c2c3ccccc3c(-c3ccc4c5c6oc7ccccc7c6ccc5n(-c5ccccc5)c4c3)c3ccccc23)cc1. The van der Waals surface area contributed by atoms with Crippen molar-refractivity contribution in [3.05, 3.63) is 164 Å². The lowest BCUT2D eigenvalue weighted by Crippen LogP contribution is -1.94. The third-order valence-electron chi connectivity index (χ3n) is 9.57. The van der Waals surface area contributed by atoms with Crippen LogP contribution in [-0.2, 0) is 0 Å². The van der Waals surface area contributed by atoms with Crippen molar-refractivity contribution in [3.8, 4) is 27.9 Å². The third kappa shape index (κ3) is 3.53. The molecular formula is C44H27NO. The minimum atomic E-state index is 0.915. The maximum absolute atomic E-state index is 6.60. The fourth-order valence-corrected chi connectivity index (χ4v) is 7.65. The molecule has 0 fully saturated rings. The number of fused-ring (bicyclic) bond motifs is 9. The zero-order chi connectivity index (χ0) is 30.2. The summed E-state index contributed by atoms with van der Waals surface area (Å²) in [6, 6.07) is 59.0. The van der Waals surface area contributed by atoms with Gasteiger partial charge in [-0.15, -0.1) is 0 Å². The van der Waals surface area contributed by atoms with Crippen LogP contribution in [0.5, 0.6) is 0 Å². The Morgan fingerprint density at radius 1 is 0.370 bits per heavy atom. The molecule has 0 atom stereocenters. The summed E-state index contributed by atoms with van der Waals surface area (Å²) in [4.78, 5) is 0. The first-order valence-corrected chi connectivity index (χ1v) is 15.8. The molecule has 0 saturated heterocycles. The topological polar surface area (TPSA) is 18.1 Å². The molecular weight excluding hydrogens is 558 g/mol. The minimum absolute atomic E-state index is 0.915. The van der Waals surface area contributed by atoms with E-state index >= 15 is 0 Å². The fraction of sp³-hybridized carbons (Fsp3) is 0. The van der Waals surface area contributed by atoms with Crippen LogP contribution in [-0.4, -0.2) is 4.57 Å². The predicted molar refractivity (Wildman–Crippen MR) is 194 cm³/mol. The Morgan fingerprint density at radius 2 is 0.913 bits per heavy atom. The summed E-state index contributed by atoms with van der Waals surface area (Å²) in [6.45, 7) is 0. The van der Waals surface area contributed by atoms with Crippen molar-refractivity contribution in [2.75, 3.05) is 0 Å². The molecule has 2 nitrogen and oxygen atoms in total. The summed E-state index contributed by atoms with van der Waals surface area (Å²) in [5.41, 5.74) is 10.2. The molecule has 0 N–H and O–H groups in total. The predicted octanol–water partition coefficient (Wildman–Crippen LogP) is 12.3. The Morgan fingerprint density at radius 3 is 1.59 bits per heavy atom. The Bertz CT molecular complexity index is 2730. The Hall–Kier alpha value is -6.12. The number of benzene rings is 8. The van der Waals surface area contributed by atoms with Gasteiger partial charge in [0.2, 0.25) is 0 Å². The maximum Gasteiger partial charge on any atom is 0.145 e. The second-order valence-corrected chi connectivity index (χ2v) is 12.0. The van der Waals surface area contributed by atoms with Crippen LogP contribution in [0.3, 0.4) is 0 Å². The van der Waals surface area contributed by atoms with Crippen LogP contribution in [0.2, 0.25) is 0 Å². The molecule has 46 heavy (non-hydrogen) atoms. The number of nitrogens with zero attached hydrogens (tertiary/aromatic N) is 1. The lowest BCUT2D eigenvalue weighted by Gasteiger charge is -2.18. The van der Waals surface area contributed by atoms with Crippen molar-refractivity contribution in [2.45, 2.75) is 0 Å². The van der Waals surface area contributed by atoms with Gasteiger partial charge in [-0.2, -0.15) is 0 Å². The van der Waals surface area contributed by atoms with Crippen molar-refractivity contribution in [3.63, 3.8) is 0 Å². The van der Waals surface area contributed by atoms with Gasteiger partial charge in [-0.25, -0.2) is 0 Å². The minimum Gasteiger partial charge on any atom is -0.455 e. The van der Waals surface area contributed by atoms with Crippen LogP contribution >= 0.6 is 0 Å². The van der Waals surface area contributed by atoms with E-state index in [0.717, 1.165) is 44.0 Å². The van der Waals surface area contributed by atoms with Gasteiger partial charge in [-0.3, -0.25) is 0 Å². The Balaban J connectivity index is 1.34. The van der Waals surface area contributed by atoms with Gasteiger partial charge >= 0.3 is 0 Å². The largest absolute Gasteiger partial charge is 0.455 e. The molecule has 2 heteroatoms. The molecule has 10 rings (SSSR count). The van der Waals surface area contributed by atoms with E-state index in [9.17, 15) is 0 Å². The zero-order valence-electron chi connectivity index (χ0n) is 24.9. The highest BCUT2D eigenvalue weighted by atomic mass is 16.3. The van der Waals surface area contributed by atoms with E-state index in [0.29, 0.717) is 0 Å². The van der Waals surface area contributed by atoms with Gasteiger partial charge in [0, 0.05) is 21.8 Å². The molecule has 0 radical (unpaired) electrons. The molecule has 214 valence electrons. The van der Waals surface area contributed by atoms with Gasteiger partial charge in [-0.05, 0) is 80.2 Å². The van der Waals surface area contributed by atoms with Crippen LogP contribution in [0.25, 0.3) is 93.2 Å². The molecule has 0 aliphatic rings. The second kappa shape index (κ2) is 9.69. The van der Waals surface area contributed by atoms with Crippen molar-refractivity contribution < 1.29 is 4.42 Å². The monoisotopic (exact) mass is 585 g/mol. The van der Waals surface area contributed by atoms with Crippen LogP contribution in [0.15, 0.2) is 168 Å². The molecule has 2 aromatic heterocycles. The summed E-state index contributed by atoms with van der Waals surface area (Å²) >= 11 is 0. The Kier molecular flexibility index (Phi) is 5.31. The van der Waals surface area contributed by atoms with Crippen molar-refractivity contribution in [2.24, 2.45) is 0 Å². The highest BCUT2D eigenvalue weighted by Crippen LogP contribution is 2.46. The van der Waals surface area contributed by atoms with E-state index in [1.54, 1.807) is 0 Å². The van der Waals surface area contributed by atoms with E-state index in [1.807, 2.05) is 6.07 Å². The fourth-order valence-electron chi connectivity index (χ4n) is 7.65. The number of aromatic nitrogens is 1. The lowest BCUT2D eigenvalue weighted by molar-refractivity contribution is 0.673. The first-order valence-electron chi connectivity index (χ1n) is 15.8. The third-order valence-corrected chi connectivity index (χ3v) is 9.57. The average molecular weight is 586 g/mol. The van der Waals surface area contributed by atoms with Gasteiger partial charge < -0.3 is 8.98 Å². The van der Waals surface area contributed by atoms with Crippen LogP contribution in [0, 0.1) is 0 Å². The lowest BCUT2D eigenvalue weighted by atomic mass is 9.86. The number of para-hydroxylation sites is 2. The molecule has 0 aliphatic heterocycles. The van der Waals surface area contributed by atoms with Gasteiger partial charge in [0.15, 0.2) is 0 Å². The van der Waals surface area contributed by atoms with E-state index in [2.05, 4.69) is 162 Å². The molecule has 0 aliphatic carbocycles. The maximum atomic E-state index is 6.60. The van der Waals surface area contributed by atoms with E-state index in [4.69, 9.17) is 4.42 Å². The first-order chi connectivity index (χ1) is 22.8. The average Bonchev–Trinajstić information content (AvgIpc) is 3.66. The molecule has 0 spiro atoms. The van der Waals surface area contributed by atoms with E-state index < -0.39 is 0 Å². The molecule has 0 bridgehead atoms. The molecule has 0 saturated carbocycles. The Labute approximate surface area is 265 Å². The highest BCUT2D eigenvalue weighted by molar-refractivity contribution is 6.25.